The lowest BCUT2D eigenvalue weighted by atomic mass is 10.0. The standard InChI is InChI=1S/C23H17F4NOS/c1-14-3-2-4-19(24)21(14)22-28-20(13-29-22)17-7-5-15(6-8-17)16-9-11-18(12-10-16)30-23(25,26)27/h2-12,20H,13H2,1H3. The smallest absolute Gasteiger partial charge is 0.446 e. The van der Waals surface area contributed by atoms with Gasteiger partial charge in [0.25, 0.3) is 0 Å². The molecule has 1 aliphatic heterocycles. The molecule has 1 atom stereocenters. The maximum absolute atomic E-state index is 14.2. The van der Waals surface area contributed by atoms with Crippen LogP contribution >= 0.6 is 11.8 Å². The summed E-state index contributed by atoms with van der Waals surface area (Å²) < 4.78 is 57.2. The zero-order valence-electron chi connectivity index (χ0n) is 15.9. The van der Waals surface area contributed by atoms with Gasteiger partial charge in [0.15, 0.2) is 0 Å². The van der Waals surface area contributed by atoms with E-state index in [0.29, 0.717) is 18.1 Å². The fourth-order valence-corrected chi connectivity index (χ4v) is 3.87. The van der Waals surface area contributed by atoms with E-state index in [9.17, 15) is 17.6 Å². The molecule has 154 valence electrons. The van der Waals surface area contributed by atoms with Gasteiger partial charge in [-0.1, -0.05) is 48.5 Å². The highest BCUT2D eigenvalue weighted by atomic mass is 32.2. The predicted octanol–water partition coefficient (Wildman–Crippen LogP) is 6.93. The lowest BCUT2D eigenvalue weighted by Gasteiger charge is -2.09. The normalized spacial score (nSPS) is 16.3. The molecule has 0 bridgehead atoms. The number of ether oxygens (including phenoxy) is 1. The summed E-state index contributed by atoms with van der Waals surface area (Å²) in [4.78, 5) is 4.69. The Labute approximate surface area is 175 Å². The van der Waals surface area contributed by atoms with Crippen LogP contribution in [0.4, 0.5) is 17.6 Å². The Hall–Kier alpha value is -2.80. The minimum atomic E-state index is -4.30. The summed E-state index contributed by atoms with van der Waals surface area (Å²) in [7, 11) is 0. The Morgan fingerprint density at radius 2 is 1.57 bits per heavy atom. The fourth-order valence-electron chi connectivity index (χ4n) is 3.33. The lowest BCUT2D eigenvalue weighted by molar-refractivity contribution is -0.0328. The van der Waals surface area contributed by atoms with Gasteiger partial charge in [-0.05, 0) is 59.1 Å². The van der Waals surface area contributed by atoms with Crippen LogP contribution in [0.5, 0.6) is 0 Å². The summed E-state index contributed by atoms with van der Waals surface area (Å²) in [6.45, 7) is 2.14. The van der Waals surface area contributed by atoms with Crippen LogP contribution < -0.4 is 0 Å². The Morgan fingerprint density at radius 3 is 2.17 bits per heavy atom. The number of benzene rings is 3. The number of aryl methyl sites for hydroxylation is 1. The van der Waals surface area contributed by atoms with Crippen molar-refractivity contribution in [3.63, 3.8) is 0 Å². The Kier molecular flexibility index (Phi) is 5.56. The molecule has 0 saturated heterocycles. The number of rotatable bonds is 4. The third-order valence-corrected chi connectivity index (χ3v) is 5.54. The lowest BCUT2D eigenvalue weighted by Crippen LogP contribution is -2.06. The van der Waals surface area contributed by atoms with Crippen LogP contribution in [-0.2, 0) is 4.74 Å². The van der Waals surface area contributed by atoms with Crippen LogP contribution in [0.15, 0.2) is 76.6 Å². The highest BCUT2D eigenvalue weighted by Gasteiger charge is 2.29. The maximum Gasteiger partial charge on any atom is 0.446 e. The van der Waals surface area contributed by atoms with Crippen LogP contribution in [0.25, 0.3) is 11.1 Å². The second-order valence-corrected chi connectivity index (χ2v) is 8.03. The topological polar surface area (TPSA) is 21.6 Å². The van der Waals surface area contributed by atoms with Crippen molar-refractivity contribution < 1.29 is 22.3 Å². The first-order valence-electron chi connectivity index (χ1n) is 9.22. The molecule has 4 rings (SSSR count). The summed E-state index contributed by atoms with van der Waals surface area (Å²) >= 11 is -0.131. The minimum Gasteiger partial charge on any atom is -0.475 e. The van der Waals surface area contributed by atoms with Crippen LogP contribution in [0.3, 0.4) is 0 Å². The summed E-state index contributed by atoms with van der Waals surface area (Å²) in [5, 5.41) is 0. The van der Waals surface area contributed by atoms with Crippen LogP contribution in [0, 0.1) is 12.7 Å². The third-order valence-electron chi connectivity index (χ3n) is 4.80. The molecule has 30 heavy (non-hydrogen) atoms. The number of thioether (sulfide) groups is 1. The van der Waals surface area contributed by atoms with Crippen LogP contribution in [-0.4, -0.2) is 18.0 Å². The maximum atomic E-state index is 14.2. The Morgan fingerprint density at radius 1 is 0.933 bits per heavy atom. The zero-order valence-corrected chi connectivity index (χ0v) is 16.7. The highest BCUT2D eigenvalue weighted by Crippen LogP contribution is 2.37. The van der Waals surface area contributed by atoms with Gasteiger partial charge in [-0.15, -0.1) is 0 Å². The van der Waals surface area contributed by atoms with Crippen molar-refractivity contribution in [3.05, 3.63) is 89.2 Å². The van der Waals surface area contributed by atoms with E-state index < -0.39 is 5.51 Å². The van der Waals surface area contributed by atoms with Gasteiger partial charge < -0.3 is 4.74 Å². The minimum absolute atomic E-state index is 0.131. The van der Waals surface area contributed by atoms with E-state index in [-0.39, 0.29) is 28.5 Å². The molecule has 0 fully saturated rings. The van der Waals surface area contributed by atoms with Crippen LogP contribution in [0.1, 0.15) is 22.7 Å². The molecular formula is C23H17F4NOS. The average Bonchev–Trinajstić information content (AvgIpc) is 3.17. The first-order valence-corrected chi connectivity index (χ1v) is 10.0. The average molecular weight is 431 g/mol. The first kappa shape index (κ1) is 20.5. The summed E-state index contributed by atoms with van der Waals surface area (Å²) in [6.07, 6.45) is 0. The molecule has 2 nitrogen and oxygen atoms in total. The number of hydrogen-bond acceptors (Lipinski definition) is 3. The van der Waals surface area contributed by atoms with E-state index in [1.165, 1.54) is 18.2 Å². The molecule has 1 heterocycles. The quantitative estimate of drug-likeness (QED) is 0.330. The van der Waals surface area contributed by atoms with E-state index in [4.69, 9.17) is 4.74 Å². The summed E-state index contributed by atoms with van der Waals surface area (Å²) in [5.74, 6) is -0.0608. The van der Waals surface area contributed by atoms with Gasteiger partial charge in [-0.25, -0.2) is 9.38 Å². The molecule has 0 amide bonds. The van der Waals surface area contributed by atoms with Crippen molar-refractivity contribution in [3.8, 4) is 11.1 Å². The monoisotopic (exact) mass is 431 g/mol. The number of halogens is 4. The Balaban J connectivity index is 1.51. The van der Waals surface area contributed by atoms with E-state index in [2.05, 4.69) is 4.99 Å². The van der Waals surface area contributed by atoms with Gasteiger partial charge in [-0.3, -0.25) is 0 Å². The van der Waals surface area contributed by atoms with Crippen molar-refractivity contribution >= 4 is 17.7 Å². The van der Waals surface area contributed by atoms with Crippen molar-refractivity contribution in [1.29, 1.82) is 0 Å². The summed E-state index contributed by atoms with van der Waals surface area (Å²) in [5.41, 5.74) is -0.526. The molecule has 0 N–H and O–H groups in total. The Bertz CT molecular complexity index is 1060. The van der Waals surface area contributed by atoms with Gasteiger partial charge >= 0.3 is 5.51 Å². The number of alkyl halides is 3. The van der Waals surface area contributed by atoms with Gasteiger partial charge in [-0.2, -0.15) is 13.2 Å². The van der Waals surface area contributed by atoms with Crippen molar-refractivity contribution in [2.45, 2.75) is 23.4 Å². The molecule has 7 heteroatoms. The summed E-state index contributed by atoms with van der Waals surface area (Å²) in [6, 6.07) is 18.4. The van der Waals surface area contributed by atoms with Crippen molar-refractivity contribution in [2.24, 2.45) is 4.99 Å². The molecule has 0 spiro atoms. The molecule has 3 aromatic rings. The van der Waals surface area contributed by atoms with Crippen molar-refractivity contribution in [2.75, 3.05) is 6.61 Å². The van der Waals surface area contributed by atoms with E-state index in [0.717, 1.165) is 22.3 Å². The van der Waals surface area contributed by atoms with E-state index in [1.807, 2.05) is 37.3 Å². The molecule has 0 radical (unpaired) electrons. The third kappa shape index (κ3) is 4.51. The van der Waals surface area contributed by atoms with Gasteiger partial charge in [0.1, 0.15) is 18.5 Å². The van der Waals surface area contributed by atoms with Gasteiger partial charge in [0, 0.05) is 4.90 Å². The molecule has 0 aliphatic carbocycles. The zero-order chi connectivity index (χ0) is 21.3. The van der Waals surface area contributed by atoms with Gasteiger partial charge in [0.05, 0.1) is 5.56 Å². The molecule has 1 unspecified atom stereocenters. The van der Waals surface area contributed by atoms with Crippen molar-refractivity contribution in [1.82, 2.24) is 0 Å². The molecule has 0 saturated carbocycles. The van der Waals surface area contributed by atoms with Gasteiger partial charge in [0.2, 0.25) is 5.90 Å². The second kappa shape index (κ2) is 8.14. The molecule has 1 aliphatic rings. The second-order valence-electron chi connectivity index (χ2n) is 6.89. The number of aliphatic imine (C=N–C) groups is 1. The highest BCUT2D eigenvalue weighted by molar-refractivity contribution is 8.00. The number of nitrogens with zero attached hydrogens (tertiary/aromatic N) is 1. The van der Waals surface area contributed by atoms with E-state index in [1.54, 1.807) is 18.2 Å². The van der Waals surface area contributed by atoms with Crippen LogP contribution in [0.2, 0.25) is 0 Å². The first-order chi connectivity index (χ1) is 14.3. The predicted molar refractivity (Wildman–Crippen MR) is 110 cm³/mol. The fraction of sp³-hybridized carbons (Fsp3) is 0.174. The molecule has 0 aromatic heterocycles. The molecular weight excluding hydrogens is 414 g/mol. The molecule has 3 aromatic carbocycles. The SMILES string of the molecule is Cc1cccc(F)c1C1=NC(c2ccc(-c3ccc(SC(F)(F)F)cc3)cc2)CO1. The van der Waals surface area contributed by atoms with E-state index >= 15 is 0 Å². The number of hydrogen-bond donors (Lipinski definition) is 0. The largest absolute Gasteiger partial charge is 0.475 e.